The van der Waals surface area contributed by atoms with Gasteiger partial charge < -0.3 is 10.2 Å². The number of aromatic nitrogens is 2. The van der Waals surface area contributed by atoms with Crippen LogP contribution in [0.25, 0.3) is 11.1 Å². The van der Waals surface area contributed by atoms with Gasteiger partial charge in [0.25, 0.3) is 5.91 Å². The number of carbonyl (C=O) groups is 1. The van der Waals surface area contributed by atoms with Crippen LogP contribution in [0.2, 0.25) is 0 Å². The van der Waals surface area contributed by atoms with Crippen molar-refractivity contribution in [3.8, 4) is 16.9 Å². The predicted molar refractivity (Wildman–Crippen MR) is 96.4 cm³/mol. The molecular formula is C17H19FN4O4S. The van der Waals surface area contributed by atoms with Gasteiger partial charge in [-0.1, -0.05) is 0 Å². The van der Waals surface area contributed by atoms with Gasteiger partial charge in [-0.25, -0.2) is 8.60 Å². The topological polar surface area (TPSA) is 108 Å². The van der Waals surface area contributed by atoms with Crippen LogP contribution in [0, 0.1) is 5.82 Å². The van der Waals surface area contributed by atoms with E-state index in [1.165, 1.54) is 18.3 Å². The van der Waals surface area contributed by atoms with E-state index in [4.69, 9.17) is 0 Å². The van der Waals surface area contributed by atoms with Gasteiger partial charge in [-0.15, -0.1) is 0 Å². The Morgan fingerprint density at radius 1 is 1.26 bits per heavy atom. The van der Waals surface area contributed by atoms with Gasteiger partial charge in [-0.2, -0.15) is 5.10 Å². The zero-order valence-electron chi connectivity index (χ0n) is 14.3. The maximum absolute atomic E-state index is 15.1. The molecule has 10 heteroatoms. The number of rotatable bonds is 3. The number of aliphatic hydroxyl groups excluding tert-OH is 1. The second kappa shape index (κ2) is 6.93. The van der Waals surface area contributed by atoms with Crippen molar-refractivity contribution in [3.63, 3.8) is 0 Å². The molecule has 1 aliphatic heterocycles. The zero-order chi connectivity index (χ0) is 19.1. The summed E-state index contributed by atoms with van der Waals surface area (Å²) in [5.41, 5.74) is 0.433. The largest absolute Gasteiger partial charge is 0.506 e. The Morgan fingerprint density at radius 2 is 2.00 bits per heavy atom. The number of hydrogen-bond acceptors (Lipinski definition) is 5. The molecule has 1 aliphatic carbocycles. The fourth-order valence-corrected chi connectivity index (χ4v) is 4.49. The summed E-state index contributed by atoms with van der Waals surface area (Å²) in [4.78, 5) is 11.4. The molecule has 0 radical (unpaired) electrons. The normalized spacial score (nSPS) is 25.6. The summed E-state index contributed by atoms with van der Waals surface area (Å²) in [5.74, 6) is -1.67. The Balaban J connectivity index is 1.66. The number of anilines is 1. The van der Waals surface area contributed by atoms with E-state index in [9.17, 15) is 19.2 Å². The Bertz CT molecular complexity index is 910. The zero-order valence-corrected chi connectivity index (χ0v) is 15.2. The first-order valence-corrected chi connectivity index (χ1v) is 9.77. The van der Waals surface area contributed by atoms with Gasteiger partial charge in [0.15, 0.2) is 5.82 Å². The number of nitrogens with zero attached hydrogens (tertiary/aromatic N) is 3. The number of carbonyl (C=O) groups excluding carboxylic acids is 1. The van der Waals surface area contributed by atoms with Crippen molar-refractivity contribution in [3.05, 3.63) is 30.3 Å². The third kappa shape index (κ3) is 3.30. The summed E-state index contributed by atoms with van der Waals surface area (Å²) in [6.45, 7) is -0.301. The summed E-state index contributed by atoms with van der Waals surface area (Å²) in [6.07, 6.45) is 6.00. The summed E-state index contributed by atoms with van der Waals surface area (Å²) >= 11 is -1.94. The summed E-state index contributed by atoms with van der Waals surface area (Å²) < 4.78 is 32.0. The number of amides is 1. The van der Waals surface area contributed by atoms with E-state index in [1.807, 2.05) is 0 Å². The molecule has 144 valence electrons. The Kier molecular flexibility index (Phi) is 4.60. The maximum Gasteiger partial charge on any atom is 0.253 e. The lowest BCUT2D eigenvalue weighted by Crippen LogP contribution is -2.23. The van der Waals surface area contributed by atoms with Gasteiger partial charge in [-0.3, -0.25) is 18.5 Å². The van der Waals surface area contributed by atoms with Crippen LogP contribution in [0.1, 0.15) is 31.7 Å². The van der Waals surface area contributed by atoms with Crippen molar-refractivity contribution in [1.29, 1.82) is 0 Å². The predicted octanol–water partition coefficient (Wildman–Crippen LogP) is 1.39. The van der Waals surface area contributed by atoms with E-state index in [-0.39, 0.29) is 29.9 Å². The van der Waals surface area contributed by atoms with E-state index < -0.39 is 28.6 Å². The van der Waals surface area contributed by atoms with Crippen LogP contribution in [0.3, 0.4) is 0 Å². The minimum Gasteiger partial charge on any atom is -0.506 e. The number of halogens is 1. The van der Waals surface area contributed by atoms with Crippen LogP contribution in [0.15, 0.2) is 24.5 Å². The van der Waals surface area contributed by atoms with E-state index in [0.717, 1.165) is 17.1 Å². The van der Waals surface area contributed by atoms with E-state index in [2.05, 4.69) is 9.82 Å². The molecule has 4 rings (SSSR count). The highest BCUT2D eigenvalue weighted by Gasteiger charge is 2.32. The van der Waals surface area contributed by atoms with Gasteiger partial charge in [-0.05, 0) is 37.8 Å². The first-order chi connectivity index (χ1) is 12.9. The van der Waals surface area contributed by atoms with E-state index >= 15 is 4.39 Å². The first-order valence-electron chi connectivity index (χ1n) is 8.67. The number of benzene rings is 1. The quantitative estimate of drug-likeness (QED) is 0.729. The molecule has 1 saturated heterocycles. The molecule has 8 nitrogen and oxygen atoms in total. The van der Waals surface area contributed by atoms with E-state index in [1.54, 1.807) is 10.9 Å². The molecule has 2 aromatic rings. The first kappa shape index (κ1) is 17.9. The highest BCUT2D eigenvalue weighted by molar-refractivity contribution is 7.85. The molecule has 1 saturated carbocycles. The molecule has 0 bridgehead atoms. The van der Waals surface area contributed by atoms with Crippen LogP contribution < -0.4 is 9.03 Å². The van der Waals surface area contributed by atoms with E-state index in [0.29, 0.717) is 18.4 Å². The second-order valence-electron chi connectivity index (χ2n) is 6.78. The number of phenols is 1. The van der Waals surface area contributed by atoms with Crippen LogP contribution >= 0.6 is 0 Å². The van der Waals surface area contributed by atoms with Crippen LogP contribution in [-0.2, 0) is 16.0 Å². The lowest BCUT2D eigenvalue weighted by atomic mass is 9.93. The molecular weight excluding hydrogens is 375 g/mol. The Hall–Kier alpha value is -2.46. The summed E-state index contributed by atoms with van der Waals surface area (Å²) in [6, 6.07) is 2.88. The van der Waals surface area contributed by atoms with Crippen molar-refractivity contribution in [2.24, 2.45) is 0 Å². The molecule has 2 heterocycles. The lowest BCUT2D eigenvalue weighted by Gasteiger charge is -2.25. The highest BCUT2D eigenvalue weighted by Crippen LogP contribution is 2.38. The smallest absolute Gasteiger partial charge is 0.253 e. The Labute approximate surface area is 157 Å². The fraction of sp³-hybridized carbons (Fsp3) is 0.412. The number of phenolic OH excluding ortho intramolecular Hbond substituents is 1. The van der Waals surface area contributed by atoms with Gasteiger partial charge in [0.05, 0.1) is 18.3 Å². The maximum atomic E-state index is 15.1. The average Bonchev–Trinajstić information content (AvgIpc) is 3.23. The van der Waals surface area contributed by atoms with Crippen LogP contribution in [-0.4, -0.2) is 42.8 Å². The van der Waals surface area contributed by atoms with Crippen molar-refractivity contribution < 1.29 is 23.6 Å². The molecule has 1 amide bonds. The number of hydrogen-bond donors (Lipinski definition) is 3. The van der Waals surface area contributed by atoms with Crippen LogP contribution in [0.4, 0.5) is 10.1 Å². The van der Waals surface area contributed by atoms with Crippen molar-refractivity contribution >= 4 is 22.8 Å². The molecule has 27 heavy (non-hydrogen) atoms. The van der Waals surface area contributed by atoms with Gasteiger partial charge in [0.2, 0.25) is 11.2 Å². The molecule has 1 unspecified atom stereocenters. The Morgan fingerprint density at radius 3 is 2.67 bits per heavy atom. The minimum absolute atomic E-state index is 0.148. The SMILES string of the molecule is O=C1CN(c2c(O)ccc(-c3cnn(C4CCC(O)CC4)c3)c2F)S(=O)N1. The van der Waals surface area contributed by atoms with Crippen LogP contribution in [0.5, 0.6) is 5.75 Å². The van der Waals surface area contributed by atoms with Crippen molar-refractivity contribution in [1.82, 2.24) is 14.5 Å². The van der Waals surface area contributed by atoms with Gasteiger partial charge in [0, 0.05) is 17.3 Å². The summed E-state index contributed by atoms with van der Waals surface area (Å²) in [5, 5.41) is 24.0. The van der Waals surface area contributed by atoms with Crippen molar-refractivity contribution in [2.75, 3.05) is 10.8 Å². The van der Waals surface area contributed by atoms with Crippen molar-refractivity contribution in [2.45, 2.75) is 37.8 Å². The third-order valence-corrected chi connectivity index (χ3v) is 6.10. The molecule has 3 N–H and O–H groups in total. The molecule has 1 atom stereocenters. The average molecular weight is 394 g/mol. The second-order valence-corrected chi connectivity index (χ2v) is 7.92. The van der Waals surface area contributed by atoms with Gasteiger partial charge in [0.1, 0.15) is 18.0 Å². The lowest BCUT2D eigenvalue weighted by molar-refractivity contribution is -0.117. The number of aliphatic hydroxyl groups is 1. The molecule has 2 fully saturated rings. The molecule has 1 aromatic heterocycles. The highest BCUT2D eigenvalue weighted by atomic mass is 32.2. The van der Waals surface area contributed by atoms with Gasteiger partial charge >= 0.3 is 0 Å². The molecule has 2 aliphatic rings. The number of nitrogens with one attached hydrogen (secondary N) is 1. The molecule has 1 aromatic carbocycles. The monoisotopic (exact) mass is 394 g/mol. The number of aromatic hydroxyl groups is 1. The third-order valence-electron chi connectivity index (χ3n) is 4.99. The fourth-order valence-electron chi connectivity index (χ4n) is 3.55. The summed E-state index contributed by atoms with van der Waals surface area (Å²) in [7, 11) is 0. The molecule has 0 spiro atoms. The standard InChI is InChI=1S/C17H19FN4O4S/c18-16-13(5-6-14(24)17(16)22-9-15(25)20-27(22)26)10-7-19-21(8-10)11-1-3-12(23)4-2-11/h5-8,11-12,23-24H,1-4,9H2,(H,20,25). The minimum atomic E-state index is -1.94.